The summed E-state index contributed by atoms with van der Waals surface area (Å²) >= 11 is 0. The average Bonchev–Trinajstić information content (AvgIpc) is 2.05. The minimum absolute atomic E-state index is 0.188. The summed E-state index contributed by atoms with van der Waals surface area (Å²) < 4.78 is 0. The van der Waals surface area contributed by atoms with Gasteiger partial charge in [-0.1, -0.05) is 19.3 Å². The molecule has 0 spiro atoms. The summed E-state index contributed by atoms with van der Waals surface area (Å²) in [7, 11) is 0. The molecule has 70 valence electrons. The van der Waals surface area contributed by atoms with Crippen LogP contribution in [0.4, 0.5) is 0 Å². The number of aliphatic hydroxyl groups is 1. The van der Waals surface area contributed by atoms with E-state index in [0.717, 1.165) is 32.0 Å². The van der Waals surface area contributed by atoms with Crippen LogP contribution in [0.2, 0.25) is 0 Å². The molecule has 1 rings (SSSR count). The molecule has 2 heteroatoms. The van der Waals surface area contributed by atoms with Gasteiger partial charge >= 0.3 is 0 Å². The molecule has 2 nitrogen and oxygen atoms in total. The third-order valence-electron chi connectivity index (χ3n) is 2.80. The van der Waals surface area contributed by atoms with Gasteiger partial charge in [-0.3, -0.25) is 0 Å². The van der Waals surface area contributed by atoms with Crippen LogP contribution < -0.4 is 0 Å². The Morgan fingerprint density at radius 1 is 1.42 bits per heavy atom. The van der Waals surface area contributed by atoms with Crippen molar-refractivity contribution in [2.75, 3.05) is 0 Å². The van der Waals surface area contributed by atoms with Crippen molar-refractivity contribution >= 4 is 6.29 Å². The number of aliphatic hydroxyl groups excluding tert-OH is 1. The quantitative estimate of drug-likeness (QED) is 0.657. The third-order valence-corrected chi connectivity index (χ3v) is 2.80. The smallest absolute Gasteiger partial charge is 0.126 e. The fraction of sp³-hybridized carbons (Fsp3) is 0.900. The van der Waals surface area contributed by atoms with Gasteiger partial charge in [0.05, 0.1) is 6.10 Å². The lowest BCUT2D eigenvalue weighted by molar-refractivity contribution is -0.119. The molecule has 1 aliphatic rings. The van der Waals surface area contributed by atoms with Gasteiger partial charge in [0.1, 0.15) is 6.29 Å². The van der Waals surface area contributed by atoms with E-state index in [0.29, 0.717) is 6.42 Å². The number of carbonyl (C=O) groups is 1. The summed E-state index contributed by atoms with van der Waals surface area (Å²) in [5.74, 6) is 0. The largest absolute Gasteiger partial charge is 0.393 e. The molecule has 1 N–H and O–H groups in total. The lowest BCUT2D eigenvalue weighted by Crippen LogP contribution is -2.29. The molecule has 0 heterocycles. The molecular formula is C10H18O2. The molecule has 0 amide bonds. The van der Waals surface area contributed by atoms with Crippen molar-refractivity contribution in [3.8, 4) is 0 Å². The lowest BCUT2D eigenvalue weighted by atomic mass is 9.72. The van der Waals surface area contributed by atoms with E-state index in [-0.39, 0.29) is 11.5 Å². The highest BCUT2D eigenvalue weighted by molar-refractivity contribution is 5.59. The van der Waals surface area contributed by atoms with E-state index in [2.05, 4.69) is 0 Å². The zero-order valence-corrected chi connectivity index (χ0v) is 7.75. The Labute approximate surface area is 74.0 Å². The number of carbonyl (C=O) groups excluding carboxylic acids is 1. The monoisotopic (exact) mass is 170 g/mol. The maximum absolute atomic E-state index is 10.9. The van der Waals surface area contributed by atoms with Gasteiger partial charge in [0.2, 0.25) is 0 Å². The molecule has 1 aliphatic carbocycles. The molecule has 1 atom stereocenters. The minimum atomic E-state index is -0.340. The molecule has 12 heavy (non-hydrogen) atoms. The highest BCUT2D eigenvalue weighted by Crippen LogP contribution is 2.38. The van der Waals surface area contributed by atoms with Crippen LogP contribution >= 0.6 is 0 Å². The van der Waals surface area contributed by atoms with E-state index in [1.807, 2.05) is 0 Å². The van der Waals surface area contributed by atoms with Gasteiger partial charge in [0.15, 0.2) is 0 Å². The zero-order chi connectivity index (χ0) is 9.03. The summed E-state index contributed by atoms with van der Waals surface area (Å²) in [6.07, 6.45) is 6.86. The van der Waals surface area contributed by atoms with Crippen LogP contribution in [0, 0.1) is 5.41 Å². The topological polar surface area (TPSA) is 37.3 Å². The molecule has 1 unspecified atom stereocenters. The molecule has 0 aromatic rings. The van der Waals surface area contributed by atoms with Crippen molar-refractivity contribution in [3.63, 3.8) is 0 Å². The van der Waals surface area contributed by atoms with Crippen LogP contribution in [0.1, 0.15) is 45.4 Å². The Balaban J connectivity index is 2.53. The van der Waals surface area contributed by atoms with E-state index in [9.17, 15) is 9.90 Å². The second-order valence-corrected chi connectivity index (χ2v) is 4.09. The first-order valence-corrected chi connectivity index (χ1v) is 4.83. The van der Waals surface area contributed by atoms with E-state index in [4.69, 9.17) is 0 Å². The average molecular weight is 170 g/mol. The predicted octanol–water partition coefficient (Wildman–Crippen LogP) is 1.91. The first-order chi connectivity index (χ1) is 5.68. The first kappa shape index (κ1) is 9.72. The Hall–Kier alpha value is -0.370. The Kier molecular flexibility index (Phi) is 3.27. The second-order valence-electron chi connectivity index (χ2n) is 4.09. The standard InChI is InChI=1S/C10H18O2/c1-9(12)7-10(8-11)5-3-2-4-6-10/h8-9,12H,2-7H2,1H3. The number of hydrogen-bond acceptors (Lipinski definition) is 2. The van der Waals surface area contributed by atoms with Crippen molar-refractivity contribution < 1.29 is 9.90 Å². The normalized spacial score (nSPS) is 24.8. The predicted molar refractivity (Wildman–Crippen MR) is 47.9 cm³/mol. The van der Waals surface area contributed by atoms with Gasteiger partial charge in [-0.05, 0) is 26.2 Å². The Bertz CT molecular complexity index is 146. The van der Waals surface area contributed by atoms with E-state index in [1.54, 1.807) is 6.92 Å². The van der Waals surface area contributed by atoms with Gasteiger partial charge in [-0.2, -0.15) is 0 Å². The molecular weight excluding hydrogens is 152 g/mol. The van der Waals surface area contributed by atoms with Gasteiger partial charge in [-0.25, -0.2) is 0 Å². The fourth-order valence-corrected chi connectivity index (χ4v) is 2.21. The van der Waals surface area contributed by atoms with Gasteiger partial charge in [0, 0.05) is 5.41 Å². The Morgan fingerprint density at radius 3 is 2.42 bits per heavy atom. The van der Waals surface area contributed by atoms with Crippen LogP contribution in [0.15, 0.2) is 0 Å². The molecule has 0 aliphatic heterocycles. The van der Waals surface area contributed by atoms with Crippen molar-refractivity contribution in [2.24, 2.45) is 5.41 Å². The second kappa shape index (κ2) is 4.04. The molecule has 0 saturated heterocycles. The maximum Gasteiger partial charge on any atom is 0.126 e. The summed E-state index contributed by atoms with van der Waals surface area (Å²) in [6, 6.07) is 0. The van der Waals surface area contributed by atoms with Crippen molar-refractivity contribution in [1.82, 2.24) is 0 Å². The molecule has 1 saturated carbocycles. The minimum Gasteiger partial charge on any atom is -0.393 e. The number of rotatable bonds is 3. The summed E-state index contributed by atoms with van der Waals surface area (Å²) in [5, 5.41) is 9.24. The van der Waals surface area contributed by atoms with Gasteiger partial charge in [-0.15, -0.1) is 0 Å². The highest BCUT2D eigenvalue weighted by atomic mass is 16.3. The SMILES string of the molecule is CC(O)CC1(C=O)CCCCC1. The summed E-state index contributed by atoms with van der Waals surface area (Å²) in [6.45, 7) is 1.76. The fourth-order valence-electron chi connectivity index (χ4n) is 2.21. The lowest BCUT2D eigenvalue weighted by Gasteiger charge is -2.32. The van der Waals surface area contributed by atoms with Crippen LogP contribution in [0.25, 0.3) is 0 Å². The third kappa shape index (κ3) is 2.31. The van der Waals surface area contributed by atoms with Gasteiger partial charge < -0.3 is 9.90 Å². The number of hydrogen-bond donors (Lipinski definition) is 1. The molecule has 0 radical (unpaired) electrons. The maximum atomic E-state index is 10.9. The zero-order valence-electron chi connectivity index (χ0n) is 7.75. The molecule has 0 aromatic carbocycles. The highest BCUT2D eigenvalue weighted by Gasteiger charge is 2.32. The molecule has 0 bridgehead atoms. The van der Waals surface area contributed by atoms with Crippen LogP contribution in [-0.4, -0.2) is 17.5 Å². The van der Waals surface area contributed by atoms with Crippen LogP contribution in [-0.2, 0) is 4.79 Å². The Morgan fingerprint density at radius 2 is 2.00 bits per heavy atom. The van der Waals surface area contributed by atoms with Crippen molar-refractivity contribution in [3.05, 3.63) is 0 Å². The first-order valence-electron chi connectivity index (χ1n) is 4.83. The van der Waals surface area contributed by atoms with Crippen LogP contribution in [0.5, 0.6) is 0 Å². The van der Waals surface area contributed by atoms with Gasteiger partial charge in [0.25, 0.3) is 0 Å². The summed E-state index contributed by atoms with van der Waals surface area (Å²) in [4.78, 5) is 10.9. The van der Waals surface area contributed by atoms with E-state index >= 15 is 0 Å². The number of aldehydes is 1. The summed E-state index contributed by atoms with van der Waals surface area (Å²) in [5.41, 5.74) is -0.188. The van der Waals surface area contributed by atoms with E-state index < -0.39 is 0 Å². The van der Waals surface area contributed by atoms with Crippen LogP contribution in [0.3, 0.4) is 0 Å². The van der Waals surface area contributed by atoms with Crippen molar-refractivity contribution in [2.45, 2.75) is 51.6 Å². The van der Waals surface area contributed by atoms with E-state index in [1.165, 1.54) is 6.42 Å². The molecule has 0 aromatic heterocycles. The van der Waals surface area contributed by atoms with Crippen molar-refractivity contribution in [1.29, 1.82) is 0 Å². The molecule has 1 fully saturated rings.